The van der Waals surface area contributed by atoms with Gasteiger partial charge in [0.2, 0.25) is 5.95 Å². The molecule has 0 aliphatic rings. The summed E-state index contributed by atoms with van der Waals surface area (Å²) in [6, 6.07) is 0. The molecule has 3 nitrogen and oxygen atoms in total. The fourth-order valence-electron chi connectivity index (χ4n) is 0.824. The number of hydrogen-bond donors (Lipinski definition) is 1. The summed E-state index contributed by atoms with van der Waals surface area (Å²) in [5.41, 5.74) is 6.65. The Labute approximate surface area is 77.3 Å². The number of allylic oxidation sites excluding steroid dienone is 2. The van der Waals surface area contributed by atoms with Crippen LogP contribution in [0, 0.1) is 0 Å². The van der Waals surface area contributed by atoms with Gasteiger partial charge in [-0.2, -0.15) is 0 Å². The van der Waals surface area contributed by atoms with Crippen molar-refractivity contribution in [3.63, 3.8) is 0 Å². The van der Waals surface area contributed by atoms with Crippen molar-refractivity contribution in [2.75, 3.05) is 5.73 Å². The summed E-state index contributed by atoms with van der Waals surface area (Å²) in [4.78, 5) is 7.88. The molecule has 0 spiro atoms. The topological polar surface area (TPSA) is 51.8 Å². The van der Waals surface area contributed by atoms with Crippen molar-refractivity contribution in [1.29, 1.82) is 0 Å². The summed E-state index contributed by atoms with van der Waals surface area (Å²) >= 11 is 0. The summed E-state index contributed by atoms with van der Waals surface area (Å²) in [5.74, 6) is 0.279. The van der Waals surface area contributed by atoms with Crippen LogP contribution in [-0.2, 0) is 0 Å². The average Bonchev–Trinajstić information content (AvgIpc) is 2.06. The average molecular weight is 175 g/mol. The third kappa shape index (κ3) is 2.71. The van der Waals surface area contributed by atoms with E-state index in [1.165, 1.54) is 5.57 Å². The van der Waals surface area contributed by atoms with Crippen molar-refractivity contribution in [3.8, 4) is 0 Å². The molecule has 0 fully saturated rings. The van der Waals surface area contributed by atoms with Crippen LogP contribution in [0.4, 0.5) is 5.95 Å². The second kappa shape index (κ2) is 3.85. The molecule has 0 aliphatic carbocycles. The minimum absolute atomic E-state index is 0.279. The first kappa shape index (κ1) is 9.45. The number of nitrogens with zero attached hydrogens (tertiary/aromatic N) is 2. The Morgan fingerprint density at radius 1 is 1.54 bits per heavy atom. The molecule has 68 valence electrons. The van der Waals surface area contributed by atoms with Gasteiger partial charge in [-0.1, -0.05) is 18.2 Å². The van der Waals surface area contributed by atoms with Crippen molar-refractivity contribution in [1.82, 2.24) is 9.97 Å². The third-order valence-electron chi connectivity index (χ3n) is 1.49. The lowest BCUT2D eigenvalue weighted by Gasteiger charge is -1.90. The first-order valence-electron chi connectivity index (χ1n) is 4.02. The van der Waals surface area contributed by atoms with Crippen molar-refractivity contribution in [2.24, 2.45) is 0 Å². The minimum atomic E-state index is 0.279. The zero-order valence-corrected chi connectivity index (χ0v) is 7.91. The van der Waals surface area contributed by atoms with E-state index >= 15 is 0 Å². The van der Waals surface area contributed by atoms with Crippen LogP contribution in [0.5, 0.6) is 0 Å². The minimum Gasteiger partial charge on any atom is -0.368 e. The van der Waals surface area contributed by atoms with Crippen LogP contribution < -0.4 is 16.3 Å². The number of hydrogen-bond acceptors (Lipinski definition) is 3. The predicted molar refractivity (Wildman–Crippen MR) is 55.1 cm³/mol. The molecule has 0 unspecified atom stereocenters. The Kier molecular flexibility index (Phi) is 2.80. The maximum absolute atomic E-state index is 5.44. The summed E-state index contributed by atoms with van der Waals surface area (Å²) in [5, 5.41) is 1.56. The molecule has 0 saturated carbocycles. The molecule has 3 heteroatoms. The van der Waals surface area contributed by atoms with Gasteiger partial charge in [0.05, 0.1) is 5.35 Å². The zero-order chi connectivity index (χ0) is 9.84. The molecule has 0 aromatic carbocycles. The van der Waals surface area contributed by atoms with Crippen molar-refractivity contribution in [3.05, 3.63) is 28.4 Å². The molecule has 0 aliphatic heterocycles. The molecule has 0 bridgehead atoms. The normalized spacial score (nSPS) is 11.4. The van der Waals surface area contributed by atoms with E-state index in [4.69, 9.17) is 5.73 Å². The fraction of sp³-hybridized carbons (Fsp3) is 0.200. The molecule has 13 heavy (non-hydrogen) atoms. The number of rotatable bonds is 1. The van der Waals surface area contributed by atoms with E-state index < -0.39 is 0 Å². The van der Waals surface area contributed by atoms with Gasteiger partial charge in [-0.05, 0) is 19.9 Å². The van der Waals surface area contributed by atoms with Gasteiger partial charge in [0.1, 0.15) is 0 Å². The van der Waals surface area contributed by atoms with Crippen LogP contribution in [0.15, 0.2) is 17.8 Å². The van der Waals surface area contributed by atoms with Crippen LogP contribution >= 0.6 is 0 Å². The maximum atomic E-state index is 5.44. The van der Waals surface area contributed by atoms with E-state index in [-0.39, 0.29) is 5.95 Å². The molecule has 1 aromatic heterocycles. The van der Waals surface area contributed by atoms with Crippen molar-refractivity contribution in [2.45, 2.75) is 13.8 Å². The highest BCUT2D eigenvalue weighted by molar-refractivity contribution is 5.37. The summed E-state index contributed by atoms with van der Waals surface area (Å²) < 4.78 is 0. The summed E-state index contributed by atoms with van der Waals surface area (Å²) in [6.45, 7) is 7.83. The van der Waals surface area contributed by atoms with Crippen LogP contribution in [0.3, 0.4) is 0 Å². The molecular formula is C10H13N3. The summed E-state index contributed by atoms with van der Waals surface area (Å²) in [7, 11) is 0. The lowest BCUT2D eigenvalue weighted by atomic mass is 10.3. The molecular weight excluding hydrogens is 162 g/mol. The fourth-order valence-corrected chi connectivity index (χ4v) is 0.824. The van der Waals surface area contributed by atoms with Crippen molar-refractivity contribution < 1.29 is 0 Å². The van der Waals surface area contributed by atoms with Crippen LogP contribution in [0.2, 0.25) is 0 Å². The molecule has 1 rings (SSSR count). The van der Waals surface area contributed by atoms with Gasteiger partial charge in [0, 0.05) is 11.4 Å². The lowest BCUT2D eigenvalue weighted by molar-refractivity contribution is 1.12. The predicted octanol–water partition coefficient (Wildman–Crippen LogP) is 0.216. The number of nitrogens with two attached hydrogens (primary N) is 1. The molecule has 1 heterocycles. The Balaban J connectivity index is 3.29. The van der Waals surface area contributed by atoms with Gasteiger partial charge in [-0.15, -0.1) is 0 Å². The first-order valence-corrected chi connectivity index (χ1v) is 4.02. The Hall–Kier alpha value is -1.64. The van der Waals surface area contributed by atoms with Gasteiger partial charge in [-0.25, -0.2) is 9.97 Å². The summed E-state index contributed by atoms with van der Waals surface area (Å²) in [6.07, 6.45) is 5.47. The smallest absolute Gasteiger partial charge is 0.220 e. The monoisotopic (exact) mass is 175 g/mol. The Bertz CT molecular complexity index is 428. The van der Waals surface area contributed by atoms with Crippen LogP contribution in [0.1, 0.15) is 13.8 Å². The van der Waals surface area contributed by atoms with E-state index in [0.717, 1.165) is 10.6 Å². The first-order chi connectivity index (χ1) is 6.09. The van der Waals surface area contributed by atoms with E-state index in [0.29, 0.717) is 0 Å². The van der Waals surface area contributed by atoms with Gasteiger partial charge < -0.3 is 5.73 Å². The molecule has 0 amide bonds. The number of aromatic nitrogens is 2. The molecule has 0 atom stereocenters. The van der Waals surface area contributed by atoms with Gasteiger partial charge in [0.25, 0.3) is 0 Å². The third-order valence-corrected chi connectivity index (χ3v) is 1.49. The highest BCUT2D eigenvalue weighted by atomic mass is 15.0. The van der Waals surface area contributed by atoms with E-state index in [9.17, 15) is 0 Å². The zero-order valence-electron chi connectivity index (χ0n) is 7.91. The Morgan fingerprint density at radius 3 is 2.85 bits per heavy atom. The van der Waals surface area contributed by atoms with Gasteiger partial charge in [0.15, 0.2) is 0 Å². The van der Waals surface area contributed by atoms with Crippen molar-refractivity contribution >= 4 is 18.6 Å². The number of nitrogen functional groups attached to an aromatic ring is 1. The second-order valence-electron chi connectivity index (χ2n) is 3.05. The SMILES string of the molecule is C=c1cnc(N)n/c1=C/C=C(C)C. The highest BCUT2D eigenvalue weighted by Gasteiger charge is 1.86. The van der Waals surface area contributed by atoms with Crippen LogP contribution in [-0.4, -0.2) is 9.97 Å². The second-order valence-corrected chi connectivity index (χ2v) is 3.05. The van der Waals surface area contributed by atoms with Gasteiger partial charge >= 0.3 is 0 Å². The molecule has 2 N–H and O–H groups in total. The van der Waals surface area contributed by atoms with E-state index in [2.05, 4.69) is 16.5 Å². The molecule has 0 saturated heterocycles. The maximum Gasteiger partial charge on any atom is 0.220 e. The van der Waals surface area contributed by atoms with Crippen LogP contribution in [0.25, 0.3) is 12.7 Å². The molecule has 0 radical (unpaired) electrons. The number of anilines is 1. The largest absolute Gasteiger partial charge is 0.368 e. The van der Waals surface area contributed by atoms with E-state index in [1.54, 1.807) is 6.20 Å². The standard InChI is InChI=1S/C10H13N3/c1-7(2)4-5-9-8(3)6-12-10(11)13-9/h4-6H,3H2,1-2H3,(H2,11,13)/b9-5+. The Morgan fingerprint density at radius 2 is 2.23 bits per heavy atom. The quantitative estimate of drug-likeness (QED) is 0.664. The lowest BCUT2D eigenvalue weighted by Crippen LogP contribution is -2.28. The van der Waals surface area contributed by atoms with Gasteiger partial charge in [-0.3, -0.25) is 0 Å². The van der Waals surface area contributed by atoms with E-state index in [1.807, 2.05) is 26.0 Å². The highest BCUT2D eigenvalue weighted by Crippen LogP contribution is 1.87. The molecule has 1 aromatic rings.